The molecule has 1 aliphatic heterocycles. The summed E-state index contributed by atoms with van der Waals surface area (Å²) in [5.74, 6) is 0.0723. The highest BCUT2D eigenvalue weighted by molar-refractivity contribution is 5.84. The molecule has 0 aliphatic carbocycles. The number of carbonyl (C=O) groups excluding carboxylic acids is 1. The van der Waals surface area contributed by atoms with Crippen molar-refractivity contribution in [1.29, 1.82) is 0 Å². The maximum absolute atomic E-state index is 11.5. The summed E-state index contributed by atoms with van der Waals surface area (Å²) in [6.07, 6.45) is 1.71. The van der Waals surface area contributed by atoms with Crippen molar-refractivity contribution in [3.05, 3.63) is 0 Å². The lowest BCUT2D eigenvalue weighted by Gasteiger charge is -2.19. The summed E-state index contributed by atoms with van der Waals surface area (Å²) >= 11 is 0. The molecular weight excluding hydrogens is 154 g/mol. The first-order valence-electron chi connectivity index (χ1n) is 4.13. The van der Waals surface area contributed by atoms with Gasteiger partial charge in [-0.3, -0.25) is 9.69 Å². The normalized spacial score (nSPS) is 32.3. The van der Waals surface area contributed by atoms with E-state index in [4.69, 9.17) is 0 Å². The topological polar surface area (TPSA) is 35.9 Å². The van der Waals surface area contributed by atoms with Crippen molar-refractivity contribution in [3.8, 4) is 0 Å². The Labute approximate surface area is 72.8 Å². The fourth-order valence-electron chi connectivity index (χ4n) is 1.32. The summed E-state index contributed by atoms with van der Waals surface area (Å²) < 4.78 is 0. The van der Waals surface area contributed by atoms with Crippen LogP contribution in [0.25, 0.3) is 0 Å². The van der Waals surface area contributed by atoms with Crippen LogP contribution in [0.3, 0.4) is 0 Å². The van der Waals surface area contributed by atoms with Crippen molar-refractivity contribution in [2.45, 2.75) is 33.0 Å². The molecule has 1 amide bonds. The van der Waals surface area contributed by atoms with Crippen LogP contribution in [0.1, 0.15) is 20.8 Å². The van der Waals surface area contributed by atoms with Gasteiger partial charge in [-0.1, -0.05) is 0 Å². The first-order valence-corrected chi connectivity index (χ1v) is 4.13. The van der Waals surface area contributed by atoms with E-state index in [0.29, 0.717) is 0 Å². The molecule has 1 saturated heterocycles. The smallest absolute Gasteiger partial charge is 0.261 e. The number of carbonyl (C=O) groups is 1. The van der Waals surface area contributed by atoms with E-state index < -0.39 is 0 Å². The molecule has 1 rings (SSSR count). The van der Waals surface area contributed by atoms with Crippen molar-refractivity contribution in [1.82, 2.24) is 9.91 Å². The molecule has 0 saturated carbocycles. The molecule has 0 N–H and O–H groups in total. The van der Waals surface area contributed by atoms with E-state index in [-0.39, 0.29) is 18.1 Å². The Morgan fingerprint density at radius 2 is 2.08 bits per heavy atom. The van der Waals surface area contributed by atoms with Crippen molar-refractivity contribution < 1.29 is 4.79 Å². The number of hydrazone groups is 1. The fourth-order valence-corrected chi connectivity index (χ4v) is 1.32. The molecule has 0 spiro atoms. The average molecular weight is 169 g/mol. The van der Waals surface area contributed by atoms with E-state index in [1.807, 2.05) is 32.7 Å². The van der Waals surface area contributed by atoms with Gasteiger partial charge in [0, 0.05) is 6.21 Å². The van der Waals surface area contributed by atoms with Gasteiger partial charge in [-0.05, 0) is 27.8 Å². The minimum atomic E-state index is -0.0521. The second-order valence-corrected chi connectivity index (χ2v) is 3.03. The minimum Gasteiger partial charge on any atom is -0.273 e. The number of amides is 1. The van der Waals surface area contributed by atoms with E-state index >= 15 is 0 Å². The van der Waals surface area contributed by atoms with Crippen LogP contribution < -0.4 is 0 Å². The predicted molar refractivity (Wildman–Crippen MR) is 47.7 cm³/mol. The first-order chi connectivity index (χ1) is 5.59. The third-order valence-electron chi connectivity index (χ3n) is 2.38. The number of rotatable bonds is 1. The summed E-state index contributed by atoms with van der Waals surface area (Å²) in [6, 6.07) is -0.0521. The van der Waals surface area contributed by atoms with Crippen LogP contribution >= 0.6 is 0 Å². The van der Waals surface area contributed by atoms with Gasteiger partial charge in [0.25, 0.3) is 5.91 Å². The number of hydrogen-bond donors (Lipinski definition) is 0. The van der Waals surface area contributed by atoms with Crippen molar-refractivity contribution >= 4 is 12.1 Å². The largest absolute Gasteiger partial charge is 0.273 e. The molecule has 0 radical (unpaired) electrons. The third kappa shape index (κ3) is 1.22. The van der Waals surface area contributed by atoms with E-state index in [1.165, 1.54) is 5.01 Å². The Morgan fingerprint density at radius 3 is 2.42 bits per heavy atom. The molecule has 1 heterocycles. The second-order valence-electron chi connectivity index (χ2n) is 3.03. The number of nitrogens with zero attached hydrogens (tertiary/aromatic N) is 3. The van der Waals surface area contributed by atoms with Gasteiger partial charge in [0.1, 0.15) is 6.17 Å². The van der Waals surface area contributed by atoms with Gasteiger partial charge in [0.2, 0.25) is 0 Å². The Hall–Kier alpha value is -0.900. The quantitative estimate of drug-likeness (QED) is 0.536. The third-order valence-corrected chi connectivity index (χ3v) is 2.38. The van der Waals surface area contributed by atoms with Gasteiger partial charge in [-0.25, -0.2) is 5.01 Å². The highest BCUT2D eigenvalue weighted by Crippen LogP contribution is 2.19. The highest BCUT2D eigenvalue weighted by atomic mass is 16.2. The highest BCUT2D eigenvalue weighted by Gasteiger charge is 2.38. The van der Waals surface area contributed by atoms with Crippen LogP contribution in [-0.2, 0) is 4.79 Å². The summed E-state index contributed by atoms with van der Waals surface area (Å²) in [6.45, 7) is 5.67. The van der Waals surface area contributed by atoms with Crippen LogP contribution in [0.15, 0.2) is 5.10 Å². The monoisotopic (exact) mass is 169 g/mol. The van der Waals surface area contributed by atoms with Gasteiger partial charge in [0.05, 0.1) is 6.04 Å². The van der Waals surface area contributed by atoms with Gasteiger partial charge >= 0.3 is 0 Å². The lowest BCUT2D eigenvalue weighted by atomic mass is 10.3. The fraction of sp³-hybridized carbons (Fsp3) is 0.750. The predicted octanol–water partition coefficient (Wildman–Crippen LogP) is 0.501. The number of hydrogen-bond acceptors (Lipinski definition) is 3. The standard InChI is InChI=1S/C8H15N3O/c1-5-9-11-7(3)10(4)6(2)8(11)12/h5-7H,1-4H3/b9-5+. The Morgan fingerprint density at radius 1 is 1.50 bits per heavy atom. The maximum atomic E-state index is 11.5. The molecule has 0 aromatic carbocycles. The lowest BCUT2D eigenvalue weighted by Crippen LogP contribution is -2.32. The van der Waals surface area contributed by atoms with E-state index in [1.54, 1.807) is 6.21 Å². The molecule has 4 heteroatoms. The molecule has 4 nitrogen and oxygen atoms in total. The molecule has 0 aromatic rings. The van der Waals surface area contributed by atoms with Gasteiger partial charge in [-0.2, -0.15) is 5.10 Å². The summed E-state index contributed by atoms with van der Waals surface area (Å²) in [5, 5.41) is 5.52. The van der Waals surface area contributed by atoms with Crippen LogP contribution in [0.5, 0.6) is 0 Å². The Kier molecular flexibility index (Phi) is 2.47. The maximum Gasteiger partial charge on any atom is 0.261 e. The van der Waals surface area contributed by atoms with Gasteiger partial charge < -0.3 is 0 Å². The van der Waals surface area contributed by atoms with Crippen LogP contribution in [-0.4, -0.2) is 41.3 Å². The van der Waals surface area contributed by atoms with E-state index in [0.717, 1.165) is 0 Å². The van der Waals surface area contributed by atoms with Crippen LogP contribution in [0, 0.1) is 0 Å². The van der Waals surface area contributed by atoms with Gasteiger partial charge in [-0.15, -0.1) is 0 Å². The second kappa shape index (κ2) is 3.23. The van der Waals surface area contributed by atoms with Gasteiger partial charge in [0.15, 0.2) is 0 Å². The first kappa shape index (κ1) is 9.19. The molecular formula is C8H15N3O. The molecule has 1 fully saturated rings. The minimum absolute atomic E-state index is 0.0521. The van der Waals surface area contributed by atoms with Crippen molar-refractivity contribution in [3.63, 3.8) is 0 Å². The van der Waals surface area contributed by atoms with Crippen molar-refractivity contribution in [2.75, 3.05) is 7.05 Å². The lowest BCUT2D eigenvalue weighted by molar-refractivity contribution is -0.129. The molecule has 1 aliphatic rings. The SMILES string of the molecule is C/C=N/N1C(=O)C(C)N(C)C1C. The summed E-state index contributed by atoms with van der Waals surface area (Å²) in [4.78, 5) is 13.5. The number of likely N-dealkylation sites (N-methyl/N-ethyl adjacent to an activating group) is 1. The van der Waals surface area contributed by atoms with Crippen LogP contribution in [0.4, 0.5) is 0 Å². The molecule has 2 atom stereocenters. The molecule has 68 valence electrons. The average Bonchev–Trinajstić information content (AvgIpc) is 2.23. The zero-order valence-electron chi connectivity index (χ0n) is 7.98. The zero-order chi connectivity index (χ0) is 9.30. The summed E-state index contributed by atoms with van der Waals surface area (Å²) in [5.41, 5.74) is 0. The van der Waals surface area contributed by atoms with Crippen LogP contribution in [0.2, 0.25) is 0 Å². The Bertz CT molecular complexity index is 214. The Balaban J connectivity index is 2.83. The summed E-state index contributed by atoms with van der Waals surface area (Å²) in [7, 11) is 1.93. The van der Waals surface area contributed by atoms with E-state index in [9.17, 15) is 4.79 Å². The zero-order valence-corrected chi connectivity index (χ0v) is 7.98. The van der Waals surface area contributed by atoms with Crippen molar-refractivity contribution in [2.24, 2.45) is 5.10 Å². The molecule has 0 aromatic heterocycles. The van der Waals surface area contributed by atoms with E-state index in [2.05, 4.69) is 5.10 Å². The molecule has 2 unspecified atom stereocenters. The molecule has 12 heavy (non-hydrogen) atoms. The molecule has 0 bridgehead atoms.